The van der Waals surface area contributed by atoms with Gasteiger partial charge in [-0.3, -0.25) is 4.79 Å². The molecule has 132 valence electrons. The second kappa shape index (κ2) is 9.34. The number of nitrogens with one attached hydrogen (secondary N) is 1. The summed E-state index contributed by atoms with van der Waals surface area (Å²) in [6, 6.07) is 4.65. The summed E-state index contributed by atoms with van der Waals surface area (Å²) in [5, 5.41) is 6.88. The van der Waals surface area contributed by atoms with Crippen LogP contribution in [0.5, 0.6) is 0 Å². The Labute approximate surface area is 146 Å². The summed E-state index contributed by atoms with van der Waals surface area (Å²) < 4.78 is 18.4. The van der Waals surface area contributed by atoms with E-state index < -0.39 is 0 Å². The van der Waals surface area contributed by atoms with E-state index in [9.17, 15) is 9.18 Å². The van der Waals surface area contributed by atoms with Crippen LogP contribution in [0.1, 0.15) is 17.9 Å². The summed E-state index contributed by atoms with van der Waals surface area (Å²) in [5.74, 6) is 0.557. The monoisotopic (exact) mass is 356 g/mol. The quantitative estimate of drug-likeness (QED) is 0.823. The van der Waals surface area contributed by atoms with Crippen LogP contribution in [-0.2, 0) is 11.2 Å². The van der Waals surface area contributed by atoms with Crippen molar-refractivity contribution in [2.45, 2.75) is 19.8 Å². The second-order valence-electron chi connectivity index (χ2n) is 5.39. The molecule has 0 aliphatic carbocycles. The Balaban J connectivity index is 0.00000288. The zero-order chi connectivity index (χ0) is 16.8. The van der Waals surface area contributed by atoms with Crippen LogP contribution in [0.15, 0.2) is 22.7 Å². The Morgan fingerprint density at radius 1 is 1.42 bits per heavy atom. The topological polar surface area (TPSA) is 71.3 Å². The van der Waals surface area contributed by atoms with E-state index in [4.69, 9.17) is 4.52 Å². The third-order valence-electron chi connectivity index (χ3n) is 3.56. The normalized spacial score (nSPS) is 10.3. The molecular formula is C16H22ClFN4O2. The molecule has 0 fully saturated rings. The standard InChI is InChI=1S/C16H21FN4O2.ClH/c1-11-10-12(4-5-13(11)17)16-19-14(23-20-16)6-7-15(22)21(3)9-8-18-2;/h4-5,10,18H,6-9H2,1-3H3;1H. The number of rotatable bonds is 7. The maximum absolute atomic E-state index is 13.3. The van der Waals surface area contributed by atoms with Crippen molar-refractivity contribution in [1.82, 2.24) is 20.4 Å². The van der Waals surface area contributed by atoms with Gasteiger partial charge in [0.05, 0.1) is 0 Å². The van der Waals surface area contributed by atoms with Gasteiger partial charge in [0.25, 0.3) is 0 Å². The number of benzene rings is 1. The predicted molar refractivity (Wildman–Crippen MR) is 91.6 cm³/mol. The Hall–Kier alpha value is -1.99. The molecule has 24 heavy (non-hydrogen) atoms. The highest BCUT2D eigenvalue weighted by molar-refractivity contribution is 5.85. The van der Waals surface area contributed by atoms with Gasteiger partial charge in [-0.05, 0) is 37.7 Å². The van der Waals surface area contributed by atoms with Crippen molar-refractivity contribution in [3.05, 3.63) is 35.5 Å². The van der Waals surface area contributed by atoms with Gasteiger partial charge in [-0.1, -0.05) is 5.16 Å². The fourth-order valence-corrected chi connectivity index (χ4v) is 2.07. The molecule has 0 spiro atoms. The van der Waals surface area contributed by atoms with Gasteiger partial charge in [-0.25, -0.2) is 4.39 Å². The van der Waals surface area contributed by atoms with E-state index in [-0.39, 0.29) is 24.1 Å². The Morgan fingerprint density at radius 2 is 2.17 bits per heavy atom. The highest BCUT2D eigenvalue weighted by Crippen LogP contribution is 2.19. The number of hydrogen-bond donors (Lipinski definition) is 1. The zero-order valence-electron chi connectivity index (χ0n) is 14.0. The van der Waals surface area contributed by atoms with Crippen LogP contribution in [0, 0.1) is 12.7 Å². The first-order valence-corrected chi connectivity index (χ1v) is 7.49. The predicted octanol–water partition coefficient (Wildman–Crippen LogP) is 2.22. The van der Waals surface area contributed by atoms with E-state index in [0.717, 1.165) is 6.54 Å². The fourth-order valence-electron chi connectivity index (χ4n) is 2.07. The minimum absolute atomic E-state index is 0. The SMILES string of the molecule is CNCCN(C)C(=O)CCc1nc(-c2ccc(F)c(C)c2)no1.Cl. The van der Waals surface area contributed by atoms with Gasteiger partial charge in [-0.2, -0.15) is 4.98 Å². The van der Waals surface area contributed by atoms with Crippen LogP contribution in [-0.4, -0.2) is 48.1 Å². The van der Waals surface area contributed by atoms with Crippen LogP contribution >= 0.6 is 12.4 Å². The molecule has 1 N–H and O–H groups in total. The molecule has 0 bridgehead atoms. The van der Waals surface area contributed by atoms with Crippen molar-refractivity contribution in [3.8, 4) is 11.4 Å². The summed E-state index contributed by atoms with van der Waals surface area (Å²) in [7, 11) is 3.61. The average molecular weight is 357 g/mol. The number of likely N-dealkylation sites (N-methyl/N-ethyl adjacent to an activating group) is 2. The summed E-state index contributed by atoms with van der Waals surface area (Å²) in [4.78, 5) is 17.9. The molecule has 0 saturated carbocycles. The number of carbonyl (C=O) groups is 1. The maximum Gasteiger partial charge on any atom is 0.227 e. The number of carbonyl (C=O) groups excluding carboxylic acids is 1. The van der Waals surface area contributed by atoms with E-state index in [1.165, 1.54) is 6.07 Å². The average Bonchev–Trinajstić information content (AvgIpc) is 3.01. The molecule has 1 amide bonds. The van der Waals surface area contributed by atoms with Crippen molar-refractivity contribution >= 4 is 18.3 Å². The largest absolute Gasteiger partial charge is 0.344 e. The first-order valence-electron chi connectivity index (χ1n) is 7.49. The van der Waals surface area contributed by atoms with Crippen molar-refractivity contribution < 1.29 is 13.7 Å². The molecule has 0 atom stereocenters. The van der Waals surface area contributed by atoms with E-state index in [1.54, 1.807) is 31.0 Å². The van der Waals surface area contributed by atoms with Crippen molar-refractivity contribution in [2.75, 3.05) is 27.2 Å². The van der Waals surface area contributed by atoms with Crippen LogP contribution in [0.2, 0.25) is 0 Å². The summed E-state index contributed by atoms with van der Waals surface area (Å²) >= 11 is 0. The first kappa shape index (κ1) is 20.1. The van der Waals surface area contributed by atoms with E-state index >= 15 is 0 Å². The Morgan fingerprint density at radius 3 is 2.83 bits per heavy atom. The van der Waals surface area contributed by atoms with Crippen LogP contribution in [0.4, 0.5) is 4.39 Å². The molecule has 2 rings (SSSR count). The smallest absolute Gasteiger partial charge is 0.227 e. The van der Waals surface area contributed by atoms with E-state index in [0.29, 0.717) is 42.2 Å². The fraction of sp³-hybridized carbons (Fsp3) is 0.438. The van der Waals surface area contributed by atoms with Gasteiger partial charge in [0.1, 0.15) is 5.82 Å². The Kier molecular flexibility index (Phi) is 7.81. The summed E-state index contributed by atoms with van der Waals surface area (Å²) in [5.41, 5.74) is 1.21. The van der Waals surface area contributed by atoms with Crippen LogP contribution in [0.3, 0.4) is 0 Å². The molecule has 1 heterocycles. The molecule has 1 aromatic heterocycles. The zero-order valence-corrected chi connectivity index (χ0v) is 14.8. The van der Waals surface area contributed by atoms with Crippen molar-refractivity contribution in [2.24, 2.45) is 0 Å². The molecular weight excluding hydrogens is 335 g/mol. The van der Waals surface area contributed by atoms with Gasteiger partial charge in [0.2, 0.25) is 17.6 Å². The minimum atomic E-state index is -0.271. The highest BCUT2D eigenvalue weighted by Gasteiger charge is 2.13. The lowest BCUT2D eigenvalue weighted by molar-refractivity contribution is -0.129. The molecule has 0 saturated heterocycles. The maximum atomic E-state index is 13.3. The number of aromatic nitrogens is 2. The number of halogens is 2. The lowest BCUT2D eigenvalue weighted by Crippen LogP contribution is -2.32. The van der Waals surface area contributed by atoms with Crippen LogP contribution in [0.25, 0.3) is 11.4 Å². The molecule has 0 unspecified atom stereocenters. The number of amides is 1. The van der Waals surface area contributed by atoms with Gasteiger partial charge in [-0.15, -0.1) is 12.4 Å². The summed E-state index contributed by atoms with van der Waals surface area (Å²) in [6.45, 7) is 3.08. The highest BCUT2D eigenvalue weighted by atomic mass is 35.5. The van der Waals surface area contributed by atoms with Gasteiger partial charge < -0.3 is 14.7 Å². The van der Waals surface area contributed by atoms with Crippen molar-refractivity contribution in [3.63, 3.8) is 0 Å². The van der Waals surface area contributed by atoms with Gasteiger partial charge in [0, 0.05) is 38.5 Å². The second-order valence-corrected chi connectivity index (χ2v) is 5.39. The molecule has 6 nitrogen and oxygen atoms in total. The molecule has 8 heteroatoms. The molecule has 2 aromatic rings. The molecule has 0 aliphatic rings. The lowest BCUT2D eigenvalue weighted by atomic mass is 10.1. The molecule has 0 radical (unpaired) electrons. The van der Waals surface area contributed by atoms with Crippen molar-refractivity contribution in [1.29, 1.82) is 0 Å². The third-order valence-corrected chi connectivity index (χ3v) is 3.56. The number of nitrogens with zero attached hydrogens (tertiary/aromatic N) is 3. The molecule has 1 aromatic carbocycles. The van der Waals surface area contributed by atoms with Crippen LogP contribution < -0.4 is 5.32 Å². The van der Waals surface area contributed by atoms with E-state index in [1.807, 2.05) is 7.05 Å². The first-order chi connectivity index (χ1) is 11.0. The third kappa shape index (κ3) is 5.28. The van der Waals surface area contributed by atoms with Gasteiger partial charge >= 0.3 is 0 Å². The lowest BCUT2D eigenvalue weighted by Gasteiger charge is -2.16. The summed E-state index contributed by atoms with van der Waals surface area (Å²) in [6.07, 6.45) is 0.695. The minimum Gasteiger partial charge on any atom is -0.344 e. The Bertz CT molecular complexity index is 678. The van der Waals surface area contributed by atoms with Gasteiger partial charge in [0.15, 0.2) is 0 Å². The number of aryl methyl sites for hydroxylation is 2. The molecule has 0 aliphatic heterocycles. The van der Waals surface area contributed by atoms with E-state index in [2.05, 4.69) is 15.5 Å². The number of hydrogen-bond acceptors (Lipinski definition) is 5.